The first kappa shape index (κ1) is 14.9. The van der Waals surface area contributed by atoms with Crippen LogP contribution >= 0.6 is 11.6 Å². The smallest absolute Gasteiger partial charge is 0.457 e. The molecule has 2 nitrogen and oxygen atoms in total. The van der Waals surface area contributed by atoms with E-state index in [4.69, 9.17) is 20.5 Å². The summed E-state index contributed by atoms with van der Waals surface area (Å²) in [6.07, 6.45) is 0.893. The molecule has 0 aliphatic carbocycles. The highest BCUT2D eigenvalue weighted by atomic mass is 35.5. The molecule has 4 heteroatoms. The molecular formula is C16H19ClO2Si. The second-order valence-electron chi connectivity index (χ2n) is 4.76. The maximum atomic E-state index is 6.17. The standard InChI is InChI=1S/C16H19ClO2Si/c1-20(14-8-13-17,18-15-9-4-2-5-10-15)19-16-11-6-3-7-12-16/h2-7,9-12H,8,13-14H2,1H3. The minimum Gasteiger partial charge on any atom is -0.512 e. The summed E-state index contributed by atoms with van der Waals surface area (Å²) >= 11 is 5.82. The number of benzene rings is 2. The van der Waals surface area contributed by atoms with Gasteiger partial charge in [-0.3, -0.25) is 0 Å². The van der Waals surface area contributed by atoms with Gasteiger partial charge in [0.25, 0.3) is 0 Å². The van der Waals surface area contributed by atoms with Crippen LogP contribution in [0.4, 0.5) is 0 Å². The van der Waals surface area contributed by atoms with E-state index in [2.05, 4.69) is 6.55 Å². The Morgan fingerprint density at radius 2 is 1.30 bits per heavy atom. The molecule has 2 aromatic rings. The predicted molar refractivity (Wildman–Crippen MR) is 85.9 cm³/mol. The van der Waals surface area contributed by atoms with Crippen molar-refractivity contribution < 1.29 is 8.85 Å². The van der Waals surface area contributed by atoms with Crippen LogP contribution in [0.1, 0.15) is 6.42 Å². The van der Waals surface area contributed by atoms with Crippen LogP contribution in [-0.4, -0.2) is 14.4 Å². The van der Waals surface area contributed by atoms with Gasteiger partial charge in [-0.2, -0.15) is 0 Å². The SMILES string of the molecule is C[Si](CCCCl)(Oc1ccccc1)Oc1ccccc1. The molecule has 0 atom stereocenters. The van der Waals surface area contributed by atoms with Crippen molar-refractivity contribution >= 4 is 20.2 Å². The average Bonchev–Trinajstić information content (AvgIpc) is 2.47. The third kappa shape index (κ3) is 4.58. The highest BCUT2D eigenvalue weighted by molar-refractivity contribution is 6.67. The largest absolute Gasteiger partial charge is 0.512 e. The van der Waals surface area contributed by atoms with Gasteiger partial charge in [0.1, 0.15) is 11.5 Å². The van der Waals surface area contributed by atoms with E-state index >= 15 is 0 Å². The Hall–Kier alpha value is -1.45. The predicted octanol–water partition coefficient (Wildman–Crippen LogP) is 4.85. The van der Waals surface area contributed by atoms with Gasteiger partial charge in [0.15, 0.2) is 0 Å². The molecule has 106 valence electrons. The van der Waals surface area contributed by atoms with Crippen LogP contribution in [0.25, 0.3) is 0 Å². The van der Waals surface area contributed by atoms with Gasteiger partial charge in [-0.05, 0) is 30.7 Å². The first-order valence-corrected chi connectivity index (χ1v) is 9.82. The monoisotopic (exact) mass is 306 g/mol. The van der Waals surface area contributed by atoms with Gasteiger partial charge in [0, 0.05) is 18.5 Å². The van der Waals surface area contributed by atoms with Crippen molar-refractivity contribution in [2.75, 3.05) is 5.88 Å². The molecule has 0 aliphatic heterocycles. The van der Waals surface area contributed by atoms with E-state index in [1.54, 1.807) is 0 Å². The van der Waals surface area contributed by atoms with Crippen LogP contribution in [-0.2, 0) is 0 Å². The number of alkyl halides is 1. The zero-order valence-corrected chi connectivity index (χ0v) is 13.3. The molecule has 0 saturated carbocycles. The Balaban J connectivity index is 2.12. The summed E-state index contributed by atoms with van der Waals surface area (Å²) in [7, 11) is -2.34. The highest BCUT2D eigenvalue weighted by Crippen LogP contribution is 2.24. The third-order valence-corrected chi connectivity index (χ3v) is 5.78. The van der Waals surface area contributed by atoms with Crippen molar-refractivity contribution in [2.24, 2.45) is 0 Å². The zero-order valence-electron chi connectivity index (χ0n) is 11.6. The average molecular weight is 307 g/mol. The van der Waals surface area contributed by atoms with Crippen molar-refractivity contribution in [3.05, 3.63) is 60.7 Å². The molecule has 0 radical (unpaired) electrons. The van der Waals surface area contributed by atoms with Crippen LogP contribution in [0, 0.1) is 0 Å². The van der Waals surface area contributed by atoms with Gasteiger partial charge in [0.2, 0.25) is 0 Å². The summed E-state index contributed by atoms with van der Waals surface area (Å²) in [5.74, 6) is 2.33. The molecule has 0 amide bonds. The Labute approximate surface area is 126 Å². The van der Waals surface area contributed by atoms with Crippen molar-refractivity contribution in [1.82, 2.24) is 0 Å². The summed E-state index contributed by atoms with van der Waals surface area (Å²) in [5, 5.41) is 0. The van der Waals surface area contributed by atoms with E-state index in [-0.39, 0.29) is 0 Å². The van der Waals surface area contributed by atoms with E-state index in [1.165, 1.54) is 0 Å². The first-order valence-electron chi connectivity index (χ1n) is 6.76. The lowest BCUT2D eigenvalue weighted by atomic mass is 10.3. The molecule has 0 unspecified atom stereocenters. The second kappa shape index (κ2) is 7.36. The minimum atomic E-state index is -2.34. The number of para-hydroxylation sites is 2. The van der Waals surface area contributed by atoms with E-state index < -0.39 is 8.56 Å². The molecule has 20 heavy (non-hydrogen) atoms. The van der Waals surface area contributed by atoms with Crippen molar-refractivity contribution in [1.29, 1.82) is 0 Å². The van der Waals surface area contributed by atoms with Crippen LogP contribution in [0.2, 0.25) is 12.6 Å². The lowest BCUT2D eigenvalue weighted by Crippen LogP contribution is -2.45. The van der Waals surface area contributed by atoms with Crippen LogP contribution in [0.15, 0.2) is 60.7 Å². The molecular weight excluding hydrogens is 288 g/mol. The fourth-order valence-electron chi connectivity index (χ4n) is 1.99. The van der Waals surface area contributed by atoms with Gasteiger partial charge >= 0.3 is 8.56 Å². The molecule has 0 spiro atoms. The zero-order chi connectivity index (χ0) is 14.3. The quantitative estimate of drug-likeness (QED) is 0.538. The summed E-state index contributed by atoms with van der Waals surface area (Å²) in [6.45, 7) is 2.08. The van der Waals surface area contributed by atoms with Crippen molar-refractivity contribution in [2.45, 2.75) is 19.0 Å². The van der Waals surface area contributed by atoms with E-state index in [9.17, 15) is 0 Å². The lowest BCUT2D eigenvalue weighted by molar-refractivity contribution is 0.387. The maximum absolute atomic E-state index is 6.17. The molecule has 2 aromatic carbocycles. The molecule has 0 fully saturated rings. The van der Waals surface area contributed by atoms with Gasteiger partial charge in [-0.25, -0.2) is 0 Å². The fraction of sp³-hybridized carbons (Fsp3) is 0.250. The highest BCUT2D eigenvalue weighted by Gasteiger charge is 2.35. The maximum Gasteiger partial charge on any atom is 0.457 e. The summed E-state index contributed by atoms with van der Waals surface area (Å²) in [5.41, 5.74) is 0. The van der Waals surface area contributed by atoms with E-state index in [0.717, 1.165) is 24.0 Å². The Bertz CT molecular complexity index is 463. The van der Waals surface area contributed by atoms with Gasteiger partial charge < -0.3 is 8.85 Å². The Morgan fingerprint density at radius 1 is 0.850 bits per heavy atom. The molecule has 2 rings (SSSR count). The van der Waals surface area contributed by atoms with Crippen LogP contribution in [0.3, 0.4) is 0 Å². The number of hydrogen-bond donors (Lipinski definition) is 0. The topological polar surface area (TPSA) is 18.5 Å². The number of rotatable bonds is 7. The lowest BCUT2D eigenvalue weighted by Gasteiger charge is -2.28. The molecule has 0 heterocycles. The first-order chi connectivity index (χ1) is 9.72. The molecule has 0 aromatic heterocycles. The van der Waals surface area contributed by atoms with Crippen molar-refractivity contribution in [3.63, 3.8) is 0 Å². The van der Waals surface area contributed by atoms with Gasteiger partial charge in [-0.15, -0.1) is 11.6 Å². The summed E-state index contributed by atoms with van der Waals surface area (Å²) < 4.78 is 12.3. The second-order valence-corrected chi connectivity index (χ2v) is 8.31. The van der Waals surface area contributed by atoms with E-state index in [0.29, 0.717) is 5.88 Å². The molecule has 0 aliphatic rings. The van der Waals surface area contributed by atoms with Gasteiger partial charge in [0.05, 0.1) is 0 Å². The summed E-state index contributed by atoms with van der Waals surface area (Å²) in [6, 6.07) is 20.5. The van der Waals surface area contributed by atoms with Crippen LogP contribution < -0.4 is 8.85 Å². The molecule has 0 saturated heterocycles. The molecule has 0 N–H and O–H groups in total. The summed E-state index contributed by atoms with van der Waals surface area (Å²) in [4.78, 5) is 0. The minimum absolute atomic E-state index is 0.624. The molecule has 0 bridgehead atoms. The number of hydrogen-bond acceptors (Lipinski definition) is 2. The van der Waals surface area contributed by atoms with E-state index in [1.807, 2.05) is 60.7 Å². The van der Waals surface area contributed by atoms with Crippen LogP contribution in [0.5, 0.6) is 11.5 Å². The fourth-order valence-corrected chi connectivity index (χ4v) is 4.68. The van der Waals surface area contributed by atoms with Gasteiger partial charge in [-0.1, -0.05) is 36.4 Å². The normalized spacial score (nSPS) is 11.1. The Kier molecular flexibility index (Phi) is 5.50. The Morgan fingerprint density at radius 3 is 1.70 bits per heavy atom. The van der Waals surface area contributed by atoms with Crippen molar-refractivity contribution in [3.8, 4) is 11.5 Å². The number of halogens is 1. The third-order valence-electron chi connectivity index (χ3n) is 2.92.